The molecular weight excluding hydrogens is 272 g/mol. The second-order valence-electron chi connectivity index (χ2n) is 4.37. The summed E-state index contributed by atoms with van der Waals surface area (Å²) in [5.41, 5.74) is 0. The maximum Gasteiger partial charge on any atom is 0.289 e. The first-order chi connectivity index (χ1) is 8.94. The molecule has 1 unspecified atom stereocenters. The summed E-state index contributed by atoms with van der Waals surface area (Å²) >= 11 is 0. The highest BCUT2D eigenvalue weighted by atomic mass is 32.2. The van der Waals surface area contributed by atoms with E-state index >= 15 is 0 Å². The number of amides is 1. The summed E-state index contributed by atoms with van der Waals surface area (Å²) in [5.74, 6) is -0.445. The lowest BCUT2D eigenvalue weighted by Gasteiger charge is -2.29. The number of piperidine rings is 1. The molecule has 7 nitrogen and oxygen atoms in total. The second-order valence-corrected chi connectivity index (χ2v) is 6.19. The minimum absolute atomic E-state index is 0.0390. The number of nitrogens with zero attached hydrogens (tertiary/aromatic N) is 1. The third-order valence-corrected chi connectivity index (χ3v) is 4.30. The fourth-order valence-electron chi connectivity index (χ4n) is 1.98. The Hall–Kier alpha value is -1.38. The Kier molecular flexibility index (Phi) is 3.93. The largest absolute Gasteiger partial charge is 0.438 e. The number of hydrogen-bond donors (Lipinski definition) is 2. The highest BCUT2D eigenvalue weighted by Gasteiger charge is 2.26. The van der Waals surface area contributed by atoms with E-state index in [0.29, 0.717) is 13.0 Å². The number of furan rings is 1. The number of likely N-dealkylation sites (tertiary alicyclic amines) is 1. The van der Waals surface area contributed by atoms with Gasteiger partial charge in [-0.1, -0.05) is 0 Å². The molecule has 0 spiro atoms. The first-order valence-electron chi connectivity index (χ1n) is 5.95. The smallest absolute Gasteiger partial charge is 0.289 e. The molecule has 0 bridgehead atoms. The SMILES string of the molecule is CNS(=O)(=O)c1ccc(C(=O)N2CCCC(O)C2)o1. The lowest BCUT2D eigenvalue weighted by Crippen LogP contribution is -2.42. The number of carbonyl (C=O) groups excluding carboxylic acids is 1. The molecule has 0 aromatic carbocycles. The molecule has 1 atom stereocenters. The van der Waals surface area contributed by atoms with Crippen molar-refractivity contribution in [2.45, 2.75) is 24.0 Å². The normalized spacial score (nSPS) is 20.5. The van der Waals surface area contributed by atoms with Crippen LogP contribution in [0.25, 0.3) is 0 Å². The number of β-amino-alcohol motifs (C(OH)–C–C–N with tert-alkyl or cyclic N) is 1. The maximum absolute atomic E-state index is 12.1. The minimum atomic E-state index is -3.69. The molecule has 0 aliphatic carbocycles. The zero-order valence-electron chi connectivity index (χ0n) is 10.5. The minimum Gasteiger partial charge on any atom is -0.438 e. The Morgan fingerprint density at radius 3 is 2.89 bits per heavy atom. The van der Waals surface area contributed by atoms with Crippen molar-refractivity contribution in [3.8, 4) is 0 Å². The Morgan fingerprint density at radius 2 is 2.26 bits per heavy atom. The van der Waals surface area contributed by atoms with Gasteiger partial charge in [-0.3, -0.25) is 4.79 Å². The van der Waals surface area contributed by atoms with Crippen molar-refractivity contribution in [3.63, 3.8) is 0 Å². The molecule has 2 N–H and O–H groups in total. The summed E-state index contributed by atoms with van der Waals surface area (Å²) in [6.45, 7) is 0.776. The average molecular weight is 288 g/mol. The van der Waals surface area contributed by atoms with Crippen LogP contribution >= 0.6 is 0 Å². The average Bonchev–Trinajstić information content (AvgIpc) is 2.88. The van der Waals surface area contributed by atoms with Crippen molar-refractivity contribution >= 4 is 15.9 Å². The predicted octanol–water partition coefficient (Wildman–Crippen LogP) is -0.215. The van der Waals surface area contributed by atoms with Crippen LogP contribution in [0.2, 0.25) is 0 Å². The molecule has 1 aliphatic heterocycles. The van der Waals surface area contributed by atoms with Crippen molar-refractivity contribution in [3.05, 3.63) is 17.9 Å². The zero-order valence-corrected chi connectivity index (χ0v) is 11.3. The first kappa shape index (κ1) is 14.0. The fraction of sp³-hybridized carbons (Fsp3) is 0.545. The number of rotatable bonds is 3. The van der Waals surface area contributed by atoms with E-state index in [1.165, 1.54) is 24.1 Å². The molecule has 1 fully saturated rings. The van der Waals surface area contributed by atoms with Gasteiger partial charge in [-0.15, -0.1) is 0 Å². The molecule has 2 heterocycles. The molecule has 19 heavy (non-hydrogen) atoms. The van der Waals surface area contributed by atoms with Crippen LogP contribution in [-0.4, -0.2) is 50.6 Å². The summed E-state index contributed by atoms with van der Waals surface area (Å²) < 4.78 is 30.2. The zero-order chi connectivity index (χ0) is 14.0. The van der Waals surface area contributed by atoms with Crippen LogP contribution in [0.4, 0.5) is 0 Å². The van der Waals surface area contributed by atoms with Crippen molar-refractivity contribution in [1.82, 2.24) is 9.62 Å². The molecule has 0 radical (unpaired) electrons. The van der Waals surface area contributed by atoms with E-state index in [-0.39, 0.29) is 17.4 Å². The lowest BCUT2D eigenvalue weighted by atomic mass is 10.1. The van der Waals surface area contributed by atoms with Crippen LogP contribution in [0, 0.1) is 0 Å². The van der Waals surface area contributed by atoms with E-state index in [1.54, 1.807) is 0 Å². The van der Waals surface area contributed by atoms with Crippen LogP contribution in [0.1, 0.15) is 23.4 Å². The van der Waals surface area contributed by atoms with Gasteiger partial charge < -0.3 is 14.4 Å². The number of aliphatic hydroxyl groups excluding tert-OH is 1. The highest BCUT2D eigenvalue weighted by molar-refractivity contribution is 7.89. The molecule has 1 aromatic heterocycles. The van der Waals surface area contributed by atoms with E-state index in [0.717, 1.165) is 6.42 Å². The van der Waals surface area contributed by atoms with Gasteiger partial charge in [0.1, 0.15) is 0 Å². The molecule has 1 saturated heterocycles. The molecule has 1 amide bonds. The number of sulfonamides is 1. The topological polar surface area (TPSA) is 99.9 Å². The maximum atomic E-state index is 12.1. The fourth-order valence-corrected chi connectivity index (χ4v) is 2.62. The van der Waals surface area contributed by atoms with Crippen LogP contribution < -0.4 is 4.72 Å². The third-order valence-electron chi connectivity index (χ3n) is 3.01. The van der Waals surface area contributed by atoms with Crippen molar-refractivity contribution in [1.29, 1.82) is 0 Å². The molecule has 0 saturated carbocycles. The Bertz CT molecular complexity index is 565. The molecular formula is C11H16N2O5S. The summed E-state index contributed by atoms with van der Waals surface area (Å²) in [6.07, 6.45) is 0.851. The first-order valence-corrected chi connectivity index (χ1v) is 7.43. The van der Waals surface area contributed by atoms with E-state index in [9.17, 15) is 18.3 Å². The van der Waals surface area contributed by atoms with Gasteiger partial charge in [0.05, 0.1) is 6.10 Å². The van der Waals surface area contributed by atoms with E-state index < -0.39 is 22.0 Å². The van der Waals surface area contributed by atoms with Gasteiger partial charge in [0.15, 0.2) is 5.76 Å². The lowest BCUT2D eigenvalue weighted by molar-refractivity contribution is 0.0444. The number of nitrogens with one attached hydrogen (secondary N) is 1. The van der Waals surface area contributed by atoms with Gasteiger partial charge in [-0.05, 0) is 32.0 Å². The van der Waals surface area contributed by atoms with Gasteiger partial charge >= 0.3 is 0 Å². The number of hydrogen-bond acceptors (Lipinski definition) is 5. The summed E-state index contributed by atoms with van der Waals surface area (Å²) in [5, 5.41) is 9.22. The Morgan fingerprint density at radius 1 is 1.53 bits per heavy atom. The molecule has 1 aliphatic rings. The molecule has 8 heteroatoms. The van der Waals surface area contributed by atoms with E-state index in [1.807, 2.05) is 0 Å². The number of aliphatic hydroxyl groups is 1. The van der Waals surface area contributed by atoms with Crippen LogP contribution in [-0.2, 0) is 10.0 Å². The molecule has 106 valence electrons. The Balaban J connectivity index is 2.16. The quantitative estimate of drug-likeness (QED) is 0.801. The molecule has 1 aromatic rings. The second kappa shape index (κ2) is 5.32. The monoisotopic (exact) mass is 288 g/mol. The summed E-state index contributed by atoms with van der Waals surface area (Å²) in [7, 11) is -2.42. The number of carbonyl (C=O) groups is 1. The van der Waals surface area contributed by atoms with Gasteiger partial charge in [-0.2, -0.15) is 0 Å². The summed E-state index contributed by atoms with van der Waals surface area (Å²) in [4.78, 5) is 13.5. The third kappa shape index (κ3) is 2.96. The predicted molar refractivity (Wildman–Crippen MR) is 66.1 cm³/mol. The summed E-state index contributed by atoms with van der Waals surface area (Å²) in [6, 6.07) is 2.56. The highest BCUT2D eigenvalue weighted by Crippen LogP contribution is 2.18. The van der Waals surface area contributed by atoms with Crippen LogP contribution in [0.3, 0.4) is 0 Å². The Labute approximate surface area is 111 Å². The molecule has 2 rings (SSSR count). The van der Waals surface area contributed by atoms with Gasteiger partial charge in [0.2, 0.25) is 5.09 Å². The van der Waals surface area contributed by atoms with Gasteiger partial charge in [-0.25, -0.2) is 13.1 Å². The van der Waals surface area contributed by atoms with Gasteiger partial charge in [0, 0.05) is 13.1 Å². The van der Waals surface area contributed by atoms with Crippen LogP contribution in [0.15, 0.2) is 21.6 Å². The van der Waals surface area contributed by atoms with E-state index in [2.05, 4.69) is 4.72 Å². The van der Waals surface area contributed by atoms with E-state index in [4.69, 9.17) is 4.42 Å². The van der Waals surface area contributed by atoms with Crippen molar-refractivity contribution < 1.29 is 22.7 Å². The van der Waals surface area contributed by atoms with Crippen LogP contribution in [0.5, 0.6) is 0 Å². The standard InChI is InChI=1S/C11H16N2O5S/c1-12-19(16,17)10-5-4-9(18-10)11(15)13-6-2-3-8(14)7-13/h4-5,8,12,14H,2-3,6-7H2,1H3. The van der Waals surface area contributed by atoms with Gasteiger partial charge in [0.25, 0.3) is 15.9 Å². The van der Waals surface area contributed by atoms with Crippen molar-refractivity contribution in [2.24, 2.45) is 0 Å². The van der Waals surface area contributed by atoms with Crippen molar-refractivity contribution in [2.75, 3.05) is 20.1 Å².